The van der Waals surface area contributed by atoms with Gasteiger partial charge in [0.25, 0.3) is 10.2 Å². The van der Waals surface area contributed by atoms with Crippen LogP contribution in [-0.2, 0) is 10.2 Å². The highest BCUT2D eigenvalue weighted by Gasteiger charge is 2.36. The molecule has 0 spiro atoms. The van der Waals surface area contributed by atoms with Gasteiger partial charge in [0, 0.05) is 32.2 Å². The first-order chi connectivity index (χ1) is 9.75. The lowest BCUT2D eigenvalue weighted by molar-refractivity contribution is 0.0193. The van der Waals surface area contributed by atoms with Crippen molar-refractivity contribution >= 4 is 10.2 Å². The third kappa shape index (κ3) is 4.89. The van der Waals surface area contributed by atoms with Crippen LogP contribution >= 0.6 is 0 Å². The fraction of sp³-hybridized carbons (Fsp3) is 0.714. The summed E-state index contributed by atoms with van der Waals surface area (Å²) in [5.74, 6) is 0. The predicted octanol–water partition coefficient (Wildman–Crippen LogP) is 0.340. The zero-order chi connectivity index (χ0) is 16.1. The number of piperazine rings is 1. The van der Waals surface area contributed by atoms with Crippen LogP contribution in [0.2, 0.25) is 0 Å². The van der Waals surface area contributed by atoms with Crippen LogP contribution < -0.4 is 4.72 Å². The monoisotopic (exact) mass is 317 g/mol. The molecule has 1 unspecified atom stereocenters. The second kappa shape index (κ2) is 7.51. The maximum absolute atomic E-state index is 12.4. The third-order valence-corrected chi connectivity index (χ3v) is 5.63. The molecule has 21 heavy (non-hydrogen) atoms. The lowest BCUT2D eigenvalue weighted by Gasteiger charge is -2.36. The van der Waals surface area contributed by atoms with Gasteiger partial charge in [-0.25, -0.2) is 0 Å². The minimum absolute atomic E-state index is 0.297. The molecule has 1 aliphatic heterocycles. The van der Waals surface area contributed by atoms with E-state index >= 15 is 0 Å². The van der Waals surface area contributed by atoms with Crippen LogP contribution in [0, 0.1) is 0 Å². The summed E-state index contributed by atoms with van der Waals surface area (Å²) in [6, 6.07) is -0.627. The molecule has 7 heteroatoms. The van der Waals surface area contributed by atoms with Crippen molar-refractivity contribution in [3.8, 4) is 0 Å². The fourth-order valence-corrected chi connectivity index (χ4v) is 3.83. The van der Waals surface area contributed by atoms with Gasteiger partial charge in [-0.1, -0.05) is 12.2 Å². The molecule has 0 bridgehead atoms. The number of rotatable bonds is 8. The molecule has 0 aliphatic carbocycles. The first-order valence-electron chi connectivity index (χ1n) is 7.15. The quantitative estimate of drug-likeness (QED) is 0.633. The van der Waals surface area contributed by atoms with Gasteiger partial charge >= 0.3 is 0 Å². The Morgan fingerprint density at radius 3 is 2.14 bits per heavy atom. The minimum atomic E-state index is -3.60. The summed E-state index contributed by atoms with van der Waals surface area (Å²) in [5, 5.41) is 10.6. The standard InChI is InChI=1S/C14H27N3O3S/c1-5-7-14(18,8-6-2)13(3)15-21(19,20)17-11-9-16(4)10-12-17/h5-6,13,15,18H,1-2,7-12H2,3-4H3. The number of nitrogens with one attached hydrogen (secondary N) is 1. The van der Waals surface area contributed by atoms with Crippen molar-refractivity contribution in [3.63, 3.8) is 0 Å². The second-order valence-corrected chi connectivity index (χ2v) is 7.34. The van der Waals surface area contributed by atoms with Crippen molar-refractivity contribution in [2.24, 2.45) is 0 Å². The van der Waals surface area contributed by atoms with Gasteiger partial charge in [0.15, 0.2) is 0 Å². The van der Waals surface area contributed by atoms with Gasteiger partial charge in [-0.05, 0) is 26.8 Å². The predicted molar refractivity (Wildman–Crippen MR) is 85.2 cm³/mol. The van der Waals surface area contributed by atoms with Crippen molar-refractivity contribution < 1.29 is 13.5 Å². The highest BCUT2D eigenvalue weighted by atomic mass is 32.2. The van der Waals surface area contributed by atoms with Gasteiger partial charge in [0.2, 0.25) is 0 Å². The molecule has 6 nitrogen and oxygen atoms in total. The van der Waals surface area contributed by atoms with Crippen molar-refractivity contribution in [2.45, 2.75) is 31.4 Å². The normalized spacial score (nSPS) is 20.1. The van der Waals surface area contributed by atoms with Crippen LogP contribution in [0.4, 0.5) is 0 Å². The molecule has 0 saturated carbocycles. The van der Waals surface area contributed by atoms with Gasteiger partial charge < -0.3 is 10.0 Å². The van der Waals surface area contributed by atoms with Crippen LogP contribution in [0.5, 0.6) is 0 Å². The Morgan fingerprint density at radius 2 is 1.71 bits per heavy atom. The van der Waals surface area contributed by atoms with E-state index in [1.54, 1.807) is 19.1 Å². The molecular formula is C14H27N3O3S. The van der Waals surface area contributed by atoms with Crippen LogP contribution in [0.25, 0.3) is 0 Å². The molecule has 0 aromatic rings. The SMILES string of the molecule is C=CCC(O)(CC=C)C(C)NS(=O)(=O)N1CCN(C)CC1. The molecule has 1 aliphatic rings. The lowest BCUT2D eigenvalue weighted by atomic mass is 9.89. The molecular weight excluding hydrogens is 290 g/mol. The average Bonchev–Trinajstić information content (AvgIpc) is 2.39. The van der Waals surface area contributed by atoms with E-state index in [4.69, 9.17) is 0 Å². The molecule has 2 N–H and O–H groups in total. The molecule has 0 amide bonds. The molecule has 0 radical (unpaired) electrons. The smallest absolute Gasteiger partial charge is 0.279 e. The summed E-state index contributed by atoms with van der Waals surface area (Å²) in [6.07, 6.45) is 3.77. The Labute approximate surface area is 128 Å². The van der Waals surface area contributed by atoms with Gasteiger partial charge in [0.05, 0.1) is 5.60 Å². The lowest BCUT2D eigenvalue weighted by Crippen LogP contribution is -2.57. The van der Waals surface area contributed by atoms with Crippen LogP contribution in [-0.4, -0.2) is 67.6 Å². The Kier molecular flexibility index (Phi) is 6.55. The van der Waals surface area contributed by atoms with E-state index < -0.39 is 21.9 Å². The van der Waals surface area contributed by atoms with E-state index in [1.165, 1.54) is 4.31 Å². The van der Waals surface area contributed by atoms with E-state index in [2.05, 4.69) is 22.8 Å². The third-order valence-electron chi connectivity index (χ3n) is 3.93. The van der Waals surface area contributed by atoms with Gasteiger partial charge in [0.1, 0.15) is 0 Å². The largest absolute Gasteiger partial charge is 0.388 e. The van der Waals surface area contributed by atoms with Crippen molar-refractivity contribution in [3.05, 3.63) is 25.3 Å². The average molecular weight is 317 g/mol. The molecule has 1 fully saturated rings. The van der Waals surface area contributed by atoms with Crippen LogP contribution in [0.1, 0.15) is 19.8 Å². The van der Waals surface area contributed by atoms with Crippen molar-refractivity contribution in [1.82, 2.24) is 13.9 Å². The van der Waals surface area contributed by atoms with Crippen molar-refractivity contribution in [2.75, 3.05) is 33.2 Å². The number of hydrogen-bond acceptors (Lipinski definition) is 4. The molecule has 122 valence electrons. The summed E-state index contributed by atoms with van der Waals surface area (Å²) in [6.45, 7) is 11.2. The zero-order valence-corrected chi connectivity index (χ0v) is 13.8. The van der Waals surface area contributed by atoms with E-state index in [-0.39, 0.29) is 0 Å². The van der Waals surface area contributed by atoms with E-state index in [0.717, 1.165) is 0 Å². The van der Waals surface area contributed by atoms with Gasteiger partial charge in [-0.15, -0.1) is 13.2 Å². The number of likely N-dealkylation sites (N-methyl/N-ethyl adjacent to an activating group) is 1. The molecule has 0 aromatic carbocycles. The highest BCUT2D eigenvalue weighted by molar-refractivity contribution is 7.87. The maximum Gasteiger partial charge on any atom is 0.279 e. The zero-order valence-electron chi connectivity index (χ0n) is 13.0. The van der Waals surface area contributed by atoms with Gasteiger partial charge in [-0.3, -0.25) is 0 Å². The van der Waals surface area contributed by atoms with Gasteiger partial charge in [-0.2, -0.15) is 17.4 Å². The van der Waals surface area contributed by atoms with Crippen LogP contribution in [0.3, 0.4) is 0 Å². The Morgan fingerprint density at radius 1 is 1.24 bits per heavy atom. The second-order valence-electron chi connectivity index (χ2n) is 5.64. The molecule has 0 aromatic heterocycles. The summed E-state index contributed by atoms with van der Waals surface area (Å²) in [5.41, 5.74) is -1.21. The summed E-state index contributed by atoms with van der Waals surface area (Å²) >= 11 is 0. The van der Waals surface area contributed by atoms with E-state index in [0.29, 0.717) is 39.0 Å². The highest BCUT2D eigenvalue weighted by Crippen LogP contribution is 2.22. The van der Waals surface area contributed by atoms with E-state index in [1.807, 2.05) is 7.05 Å². The maximum atomic E-state index is 12.4. The summed E-state index contributed by atoms with van der Waals surface area (Å²) in [7, 11) is -1.63. The Bertz CT molecular complexity index is 446. The number of nitrogens with zero attached hydrogens (tertiary/aromatic N) is 2. The Hall–Kier alpha value is -0.730. The fourth-order valence-electron chi connectivity index (χ4n) is 2.37. The molecule has 1 rings (SSSR count). The first kappa shape index (κ1) is 18.3. The topological polar surface area (TPSA) is 72.9 Å². The molecule has 1 saturated heterocycles. The molecule has 1 atom stereocenters. The van der Waals surface area contributed by atoms with E-state index in [9.17, 15) is 13.5 Å². The first-order valence-corrected chi connectivity index (χ1v) is 8.59. The minimum Gasteiger partial charge on any atom is -0.388 e. The molecule has 1 heterocycles. The van der Waals surface area contributed by atoms with Crippen molar-refractivity contribution in [1.29, 1.82) is 0 Å². The van der Waals surface area contributed by atoms with Crippen LogP contribution in [0.15, 0.2) is 25.3 Å². The number of hydrogen-bond donors (Lipinski definition) is 2. The number of aliphatic hydroxyl groups is 1. The Balaban J connectivity index is 2.76. The summed E-state index contributed by atoms with van der Waals surface area (Å²) in [4.78, 5) is 2.08. The summed E-state index contributed by atoms with van der Waals surface area (Å²) < 4.78 is 28.8.